The van der Waals surface area contributed by atoms with Crippen molar-refractivity contribution in [2.24, 2.45) is 10.7 Å². The van der Waals surface area contributed by atoms with Gasteiger partial charge in [-0.15, -0.1) is 0 Å². The summed E-state index contributed by atoms with van der Waals surface area (Å²) in [5, 5.41) is 7.77. The summed E-state index contributed by atoms with van der Waals surface area (Å²) >= 11 is 0. The van der Waals surface area contributed by atoms with Crippen molar-refractivity contribution in [3.63, 3.8) is 0 Å². The monoisotopic (exact) mass is 640 g/mol. The molecule has 2 N–H and O–H groups in total. The van der Waals surface area contributed by atoms with Gasteiger partial charge in [0.2, 0.25) is 0 Å². The fourth-order valence-corrected chi connectivity index (χ4v) is 9.70. The number of ether oxygens (including phenoxy) is 1. The first-order valence-corrected chi connectivity index (χ1v) is 17.4. The number of rotatable bonds is 4. The molecule has 1 aliphatic heterocycles. The van der Waals surface area contributed by atoms with Gasteiger partial charge in [-0.05, 0) is 82.9 Å². The third-order valence-corrected chi connectivity index (χ3v) is 11.6. The van der Waals surface area contributed by atoms with Crippen LogP contribution in [-0.4, -0.2) is 12.4 Å². The molecule has 3 aliphatic rings. The fourth-order valence-electron chi connectivity index (χ4n) is 9.70. The summed E-state index contributed by atoms with van der Waals surface area (Å²) in [5.41, 5.74) is 17.1. The van der Waals surface area contributed by atoms with Gasteiger partial charge in [0.25, 0.3) is 0 Å². The van der Waals surface area contributed by atoms with Crippen LogP contribution in [0.1, 0.15) is 50.9 Å². The average molecular weight is 641 g/mol. The van der Waals surface area contributed by atoms with E-state index in [0.29, 0.717) is 0 Å². The number of fused-ring (bicyclic) bond motifs is 9. The van der Waals surface area contributed by atoms with Crippen LogP contribution < -0.4 is 10.5 Å². The number of aliphatic imine (C=N–C) groups is 1. The van der Waals surface area contributed by atoms with Crippen molar-refractivity contribution in [3.8, 4) is 16.9 Å². The summed E-state index contributed by atoms with van der Waals surface area (Å²) < 4.78 is 6.89. The van der Waals surface area contributed by atoms with E-state index in [1.807, 2.05) is 12.1 Å². The van der Waals surface area contributed by atoms with Crippen LogP contribution in [0.25, 0.3) is 43.4 Å². The molecule has 8 aromatic rings. The highest BCUT2D eigenvalue weighted by atomic mass is 16.5. The molecule has 11 rings (SSSR count). The van der Waals surface area contributed by atoms with Crippen LogP contribution in [0.5, 0.6) is 5.75 Å². The minimum Gasteiger partial charge on any atom is -0.486 e. The lowest BCUT2D eigenvalue weighted by atomic mass is 9.70. The van der Waals surface area contributed by atoms with Crippen molar-refractivity contribution in [1.29, 1.82) is 0 Å². The highest BCUT2D eigenvalue weighted by molar-refractivity contribution is 6.17. The summed E-state index contributed by atoms with van der Waals surface area (Å²) in [4.78, 5) is 4.84. The molecule has 0 saturated carbocycles. The molecule has 3 atom stereocenters. The molecular weight excluding hydrogens is 609 g/mol. The Bertz CT molecular complexity index is 2680. The first-order chi connectivity index (χ1) is 24.8. The van der Waals surface area contributed by atoms with Gasteiger partial charge < -0.3 is 10.5 Å². The third-order valence-electron chi connectivity index (χ3n) is 11.6. The molecule has 8 aromatic carbocycles. The number of hydrogen-bond donors (Lipinski definition) is 1. The van der Waals surface area contributed by atoms with E-state index in [1.165, 1.54) is 83.2 Å². The Morgan fingerprint density at radius 2 is 1.14 bits per heavy atom. The summed E-state index contributed by atoms with van der Waals surface area (Å²) in [6, 6.07) is 57.9. The quantitative estimate of drug-likeness (QED) is 0.118. The van der Waals surface area contributed by atoms with Crippen LogP contribution in [0.2, 0.25) is 0 Å². The molecule has 3 nitrogen and oxygen atoms in total. The number of benzene rings is 8. The molecule has 50 heavy (non-hydrogen) atoms. The van der Waals surface area contributed by atoms with Crippen LogP contribution in [0.4, 0.5) is 0 Å². The summed E-state index contributed by atoms with van der Waals surface area (Å²) in [6.07, 6.45) is 1.15. The van der Waals surface area contributed by atoms with E-state index in [1.54, 1.807) is 0 Å². The lowest BCUT2D eigenvalue weighted by Gasteiger charge is -2.31. The molecule has 0 bridgehead atoms. The maximum atomic E-state index is 6.89. The molecule has 0 aromatic heterocycles. The Labute approximate surface area is 290 Å². The second-order valence-corrected chi connectivity index (χ2v) is 13.9. The van der Waals surface area contributed by atoms with Crippen LogP contribution >= 0.6 is 0 Å². The van der Waals surface area contributed by atoms with Crippen LogP contribution in [-0.2, 0) is 5.41 Å². The molecule has 3 unspecified atom stereocenters. The van der Waals surface area contributed by atoms with Crippen molar-refractivity contribution in [1.82, 2.24) is 0 Å². The summed E-state index contributed by atoms with van der Waals surface area (Å²) in [6.45, 7) is 0. The SMILES string of the molecule is N/C=N\C1c2ccccc2OC1C(c1ccc2c(c1)-c1ccccc1C21c2cccc3ccc4cccc1c4c23)c1ccc2ccccc2c1. The second-order valence-electron chi connectivity index (χ2n) is 13.9. The highest BCUT2D eigenvalue weighted by Crippen LogP contribution is 2.62. The fraction of sp³-hybridized carbons (Fsp3) is 0.0851. The van der Waals surface area contributed by atoms with Gasteiger partial charge in [-0.25, -0.2) is 0 Å². The van der Waals surface area contributed by atoms with Crippen molar-refractivity contribution < 1.29 is 4.74 Å². The molecule has 3 heteroatoms. The van der Waals surface area contributed by atoms with Crippen LogP contribution in [0.15, 0.2) is 163 Å². The molecule has 1 spiro atoms. The van der Waals surface area contributed by atoms with Gasteiger partial charge in [0.15, 0.2) is 0 Å². The van der Waals surface area contributed by atoms with Gasteiger partial charge in [-0.3, -0.25) is 4.99 Å². The van der Waals surface area contributed by atoms with E-state index in [9.17, 15) is 0 Å². The van der Waals surface area contributed by atoms with E-state index in [0.717, 1.165) is 11.3 Å². The van der Waals surface area contributed by atoms with Gasteiger partial charge in [-0.1, -0.05) is 152 Å². The topological polar surface area (TPSA) is 47.6 Å². The van der Waals surface area contributed by atoms with Crippen molar-refractivity contribution >= 4 is 38.7 Å². The standard InChI is InChI=1S/C47H32N2O/c48-27-49-45-35-14-4-6-18-41(35)50-46(45)42(32-22-19-28-9-1-2-10-31(28)25-32)33-23-24-38-36(26-33)34-13-3-5-15-37(34)47(38)39-16-7-11-29-20-21-30-12-8-17-40(47)44(30)43(29)39/h1-27,42,45-46H,(H2,48,49). The van der Waals surface area contributed by atoms with Crippen molar-refractivity contribution in [3.05, 3.63) is 197 Å². The zero-order valence-electron chi connectivity index (χ0n) is 27.3. The number of nitrogens with two attached hydrogens (primary N) is 1. The van der Waals surface area contributed by atoms with E-state index in [4.69, 9.17) is 15.5 Å². The van der Waals surface area contributed by atoms with E-state index < -0.39 is 5.41 Å². The van der Waals surface area contributed by atoms with Gasteiger partial charge in [0, 0.05) is 11.5 Å². The number of nitrogens with zero attached hydrogens (tertiary/aromatic N) is 1. The Kier molecular flexibility index (Phi) is 5.64. The van der Waals surface area contributed by atoms with Crippen molar-refractivity contribution in [2.45, 2.75) is 23.5 Å². The first kappa shape index (κ1) is 27.7. The second kappa shape index (κ2) is 10.2. The summed E-state index contributed by atoms with van der Waals surface area (Å²) in [7, 11) is 0. The summed E-state index contributed by atoms with van der Waals surface area (Å²) in [5.74, 6) is 0.761. The van der Waals surface area contributed by atoms with E-state index >= 15 is 0 Å². The molecule has 0 amide bonds. The molecule has 2 aliphatic carbocycles. The zero-order chi connectivity index (χ0) is 33.0. The lowest BCUT2D eigenvalue weighted by Crippen LogP contribution is -2.28. The van der Waals surface area contributed by atoms with Gasteiger partial charge >= 0.3 is 0 Å². The lowest BCUT2D eigenvalue weighted by molar-refractivity contribution is 0.188. The Balaban J connectivity index is 1.17. The van der Waals surface area contributed by atoms with Gasteiger partial charge in [0.05, 0.1) is 11.8 Å². The average Bonchev–Trinajstić information content (AvgIpc) is 3.79. The van der Waals surface area contributed by atoms with Crippen LogP contribution in [0.3, 0.4) is 0 Å². The Hall–Kier alpha value is -6.19. The predicted molar refractivity (Wildman–Crippen MR) is 204 cm³/mol. The minimum absolute atomic E-state index is 0.109. The highest BCUT2D eigenvalue weighted by Gasteiger charge is 2.51. The Morgan fingerprint density at radius 1 is 0.540 bits per heavy atom. The molecule has 0 radical (unpaired) electrons. The zero-order valence-corrected chi connectivity index (χ0v) is 27.3. The normalized spacial score (nSPS) is 18.2. The third kappa shape index (κ3) is 3.51. The van der Waals surface area contributed by atoms with E-state index in [2.05, 4.69) is 146 Å². The molecule has 0 saturated heterocycles. The number of para-hydroxylation sites is 1. The molecular formula is C47H32N2O. The smallest absolute Gasteiger partial charge is 0.136 e. The van der Waals surface area contributed by atoms with Crippen molar-refractivity contribution in [2.75, 3.05) is 0 Å². The maximum absolute atomic E-state index is 6.89. The molecule has 236 valence electrons. The van der Waals surface area contributed by atoms with Gasteiger partial charge in [-0.2, -0.15) is 0 Å². The van der Waals surface area contributed by atoms with Gasteiger partial charge in [0.1, 0.15) is 17.9 Å². The number of hydrogen-bond acceptors (Lipinski definition) is 2. The van der Waals surface area contributed by atoms with E-state index in [-0.39, 0.29) is 18.1 Å². The maximum Gasteiger partial charge on any atom is 0.136 e. The Morgan fingerprint density at radius 3 is 1.94 bits per heavy atom. The largest absolute Gasteiger partial charge is 0.486 e. The predicted octanol–water partition coefficient (Wildman–Crippen LogP) is 10.4. The van der Waals surface area contributed by atoms with Crippen LogP contribution in [0, 0.1) is 0 Å². The molecule has 0 fully saturated rings. The minimum atomic E-state index is -0.391. The molecule has 1 heterocycles. The first-order valence-electron chi connectivity index (χ1n) is 17.4.